The van der Waals surface area contributed by atoms with Crippen LogP contribution in [-0.2, 0) is 9.84 Å². The Kier molecular flexibility index (Phi) is 6.57. The molecule has 0 aliphatic carbocycles. The van der Waals surface area contributed by atoms with Crippen molar-refractivity contribution in [3.63, 3.8) is 0 Å². The van der Waals surface area contributed by atoms with E-state index in [1.165, 1.54) is 23.9 Å². The fourth-order valence-corrected chi connectivity index (χ4v) is 6.11. The molecule has 12 heteroatoms. The van der Waals surface area contributed by atoms with E-state index in [-0.39, 0.29) is 16.9 Å². The van der Waals surface area contributed by atoms with E-state index in [0.29, 0.717) is 53.4 Å². The maximum atomic E-state index is 13.1. The lowest BCUT2D eigenvalue weighted by Gasteiger charge is -2.31. The van der Waals surface area contributed by atoms with Gasteiger partial charge < -0.3 is 9.64 Å². The molecule has 39 heavy (non-hydrogen) atoms. The van der Waals surface area contributed by atoms with Crippen molar-refractivity contribution < 1.29 is 17.9 Å². The van der Waals surface area contributed by atoms with Crippen LogP contribution in [0, 0.1) is 0 Å². The van der Waals surface area contributed by atoms with E-state index in [2.05, 4.69) is 20.1 Å². The van der Waals surface area contributed by atoms with E-state index < -0.39 is 9.84 Å². The highest BCUT2D eigenvalue weighted by molar-refractivity contribution is 7.90. The van der Waals surface area contributed by atoms with Crippen LogP contribution in [0.1, 0.15) is 22.5 Å². The number of hydrogen-bond donors (Lipinski definition) is 0. The van der Waals surface area contributed by atoms with Crippen molar-refractivity contribution in [3.8, 4) is 22.1 Å². The first-order valence-electron chi connectivity index (χ1n) is 12.3. The van der Waals surface area contributed by atoms with Crippen LogP contribution >= 0.6 is 11.3 Å². The van der Waals surface area contributed by atoms with Gasteiger partial charge in [-0.2, -0.15) is 5.10 Å². The number of rotatable bonds is 6. The minimum atomic E-state index is -3.29. The molecule has 0 saturated carbocycles. The van der Waals surface area contributed by atoms with Gasteiger partial charge in [0.15, 0.2) is 15.5 Å². The Bertz CT molecular complexity index is 1740. The molecule has 0 spiro atoms. The monoisotopic (exact) mass is 560 g/mol. The smallest absolute Gasteiger partial charge is 0.263 e. The molecule has 5 heterocycles. The number of thiophene rings is 1. The van der Waals surface area contributed by atoms with Crippen LogP contribution in [0.15, 0.2) is 78.2 Å². The zero-order chi connectivity index (χ0) is 27.0. The van der Waals surface area contributed by atoms with Crippen molar-refractivity contribution >= 4 is 38.1 Å². The average molecular weight is 561 g/mol. The predicted octanol–water partition coefficient (Wildman–Crippen LogP) is 4.03. The topological polar surface area (TPSA) is 120 Å². The van der Waals surface area contributed by atoms with Gasteiger partial charge in [-0.25, -0.2) is 23.1 Å². The predicted molar refractivity (Wildman–Crippen MR) is 147 cm³/mol. The van der Waals surface area contributed by atoms with E-state index in [1.807, 2.05) is 35.2 Å². The summed E-state index contributed by atoms with van der Waals surface area (Å²) < 4.78 is 31.4. The SMILES string of the molecule is CS(=O)(=O)c1ccc(-n2ncc3c(OC4CCN(C(=O)c5ccc(-c6ccccn6)s5)CC4)ncnc32)cc1. The van der Waals surface area contributed by atoms with Gasteiger partial charge in [0.25, 0.3) is 5.91 Å². The van der Waals surface area contributed by atoms with E-state index in [9.17, 15) is 13.2 Å². The molecule has 10 nitrogen and oxygen atoms in total. The zero-order valence-corrected chi connectivity index (χ0v) is 22.6. The first kappa shape index (κ1) is 25.1. The lowest BCUT2D eigenvalue weighted by Crippen LogP contribution is -2.41. The third-order valence-corrected chi connectivity index (χ3v) is 8.80. The molecule has 198 valence electrons. The highest BCUT2D eigenvalue weighted by atomic mass is 32.2. The summed E-state index contributed by atoms with van der Waals surface area (Å²) in [7, 11) is -3.29. The molecule has 0 unspecified atom stereocenters. The summed E-state index contributed by atoms with van der Waals surface area (Å²) in [5.74, 6) is 0.454. The maximum absolute atomic E-state index is 13.1. The lowest BCUT2D eigenvalue weighted by molar-refractivity contribution is 0.0595. The first-order chi connectivity index (χ1) is 18.9. The largest absolute Gasteiger partial charge is 0.474 e. The number of benzene rings is 1. The minimum Gasteiger partial charge on any atom is -0.474 e. The van der Waals surface area contributed by atoms with Gasteiger partial charge >= 0.3 is 0 Å². The number of nitrogens with zero attached hydrogens (tertiary/aromatic N) is 6. The normalized spacial score (nSPS) is 14.5. The molecule has 5 aromatic rings. The molecule has 0 N–H and O–H groups in total. The van der Waals surface area contributed by atoms with Crippen LogP contribution in [0.2, 0.25) is 0 Å². The van der Waals surface area contributed by atoms with Crippen molar-refractivity contribution in [2.24, 2.45) is 0 Å². The third kappa shape index (κ3) is 5.12. The van der Waals surface area contributed by atoms with Gasteiger partial charge in [0.1, 0.15) is 17.8 Å². The Morgan fingerprint density at radius 3 is 2.51 bits per heavy atom. The van der Waals surface area contributed by atoms with Crippen molar-refractivity contribution in [2.45, 2.75) is 23.8 Å². The maximum Gasteiger partial charge on any atom is 0.263 e. The number of sulfone groups is 1. The van der Waals surface area contributed by atoms with Crippen LogP contribution in [0.4, 0.5) is 0 Å². The molecule has 0 radical (unpaired) electrons. The van der Waals surface area contributed by atoms with E-state index >= 15 is 0 Å². The molecular weight excluding hydrogens is 536 g/mol. The Hall–Kier alpha value is -4.16. The second kappa shape index (κ2) is 10.2. The summed E-state index contributed by atoms with van der Waals surface area (Å²) in [5.41, 5.74) is 2.09. The summed E-state index contributed by atoms with van der Waals surface area (Å²) in [5, 5.41) is 5.09. The second-order valence-electron chi connectivity index (χ2n) is 9.23. The van der Waals surface area contributed by atoms with E-state index in [1.54, 1.807) is 41.3 Å². The number of hydrogen-bond acceptors (Lipinski definition) is 9. The Balaban J connectivity index is 1.12. The highest BCUT2D eigenvalue weighted by Gasteiger charge is 2.27. The summed E-state index contributed by atoms with van der Waals surface area (Å²) in [6, 6.07) is 16.0. The highest BCUT2D eigenvalue weighted by Crippen LogP contribution is 2.29. The van der Waals surface area contributed by atoms with Gasteiger partial charge in [0.2, 0.25) is 5.88 Å². The molecule has 0 atom stereocenters. The fourth-order valence-electron chi connectivity index (χ4n) is 4.53. The van der Waals surface area contributed by atoms with Crippen molar-refractivity contribution in [1.82, 2.24) is 29.6 Å². The number of likely N-dealkylation sites (tertiary alicyclic amines) is 1. The molecule has 1 fully saturated rings. The molecule has 1 saturated heterocycles. The Morgan fingerprint density at radius 2 is 1.79 bits per heavy atom. The number of ether oxygens (including phenoxy) is 1. The van der Waals surface area contributed by atoms with Crippen molar-refractivity contribution in [1.29, 1.82) is 0 Å². The van der Waals surface area contributed by atoms with Crippen LogP contribution < -0.4 is 4.74 Å². The molecule has 0 bridgehead atoms. The van der Waals surface area contributed by atoms with Gasteiger partial charge in [-0.1, -0.05) is 6.07 Å². The third-order valence-electron chi connectivity index (χ3n) is 6.58. The average Bonchev–Trinajstić information content (AvgIpc) is 3.62. The molecule has 4 aromatic heterocycles. The molecule has 1 aliphatic heterocycles. The molecule has 1 amide bonds. The van der Waals surface area contributed by atoms with Crippen molar-refractivity contribution in [3.05, 3.63) is 78.2 Å². The zero-order valence-electron chi connectivity index (χ0n) is 21.0. The fraction of sp³-hybridized carbons (Fsp3) is 0.222. The summed E-state index contributed by atoms with van der Waals surface area (Å²) in [4.78, 5) is 29.9. The van der Waals surface area contributed by atoms with Crippen LogP contribution in [0.5, 0.6) is 5.88 Å². The molecule has 1 aromatic carbocycles. The van der Waals surface area contributed by atoms with Crippen LogP contribution in [0.3, 0.4) is 0 Å². The van der Waals surface area contributed by atoms with Gasteiger partial charge in [-0.05, 0) is 48.5 Å². The molecule has 1 aliphatic rings. The van der Waals surface area contributed by atoms with Gasteiger partial charge in [-0.15, -0.1) is 11.3 Å². The standard InChI is InChI=1S/C27H24N6O4S2/c1-39(35,36)20-7-5-18(6-8-20)33-25-21(16-31-33)26(30-17-29-25)37-19-11-14-32(15-12-19)27(34)24-10-9-23(38-24)22-4-2-3-13-28-22/h2-10,13,16-17,19H,11-12,14-15H2,1H3. The Labute approximate surface area is 228 Å². The Morgan fingerprint density at radius 1 is 1.00 bits per heavy atom. The number of aromatic nitrogens is 5. The number of amides is 1. The van der Waals surface area contributed by atoms with Crippen molar-refractivity contribution in [2.75, 3.05) is 19.3 Å². The summed E-state index contributed by atoms with van der Waals surface area (Å²) in [6.07, 6.45) is 7.24. The lowest BCUT2D eigenvalue weighted by atomic mass is 10.1. The number of piperidine rings is 1. The number of pyridine rings is 1. The number of carbonyl (C=O) groups excluding carboxylic acids is 1. The van der Waals surface area contributed by atoms with E-state index in [4.69, 9.17) is 4.74 Å². The van der Waals surface area contributed by atoms with E-state index in [0.717, 1.165) is 10.6 Å². The van der Waals surface area contributed by atoms with Gasteiger partial charge in [-0.3, -0.25) is 9.78 Å². The summed E-state index contributed by atoms with van der Waals surface area (Å²) in [6.45, 7) is 1.17. The second-order valence-corrected chi connectivity index (χ2v) is 12.3. The minimum absolute atomic E-state index is 0.0215. The summed E-state index contributed by atoms with van der Waals surface area (Å²) >= 11 is 1.45. The molecule has 6 rings (SSSR count). The van der Waals surface area contributed by atoms with Crippen LogP contribution in [-0.4, -0.2) is 69.4 Å². The van der Waals surface area contributed by atoms with Gasteiger partial charge in [0, 0.05) is 38.4 Å². The first-order valence-corrected chi connectivity index (χ1v) is 15.0. The van der Waals surface area contributed by atoms with Crippen LogP contribution in [0.25, 0.3) is 27.3 Å². The quantitative estimate of drug-likeness (QED) is 0.305. The van der Waals surface area contributed by atoms with Gasteiger partial charge in [0.05, 0.1) is 32.2 Å². The number of fused-ring (bicyclic) bond motifs is 1. The number of carbonyl (C=O) groups is 1. The molecular formula is C27H24N6O4S2.